The van der Waals surface area contributed by atoms with Gasteiger partial charge in [0, 0.05) is 37.8 Å². The third-order valence-electron chi connectivity index (χ3n) is 3.72. The van der Waals surface area contributed by atoms with E-state index in [1.54, 1.807) is 6.20 Å². The van der Waals surface area contributed by atoms with E-state index in [9.17, 15) is 4.79 Å². The molecule has 3 rings (SSSR count). The van der Waals surface area contributed by atoms with E-state index >= 15 is 0 Å². The number of amides is 1. The number of nitrogens with zero attached hydrogens (tertiary/aromatic N) is 3. The Hall–Kier alpha value is -2.30. The maximum atomic E-state index is 11.1. The Balaban J connectivity index is 1.89. The highest BCUT2D eigenvalue weighted by molar-refractivity contribution is 5.90. The number of para-hydroxylation sites is 1. The third kappa shape index (κ3) is 2.39. The minimum Gasteiger partial charge on any atom is -0.465 e. The first-order valence-corrected chi connectivity index (χ1v) is 6.82. The molecule has 20 heavy (non-hydrogen) atoms. The molecular weight excluding hydrogens is 254 g/mol. The molecule has 1 aliphatic heterocycles. The van der Waals surface area contributed by atoms with Gasteiger partial charge in [-0.05, 0) is 18.6 Å². The van der Waals surface area contributed by atoms with E-state index in [0.717, 1.165) is 29.6 Å². The highest BCUT2D eigenvalue weighted by Crippen LogP contribution is 2.25. The summed E-state index contributed by atoms with van der Waals surface area (Å²) in [6.07, 6.45) is 1.81. The van der Waals surface area contributed by atoms with Gasteiger partial charge in [-0.25, -0.2) is 4.79 Å². The first-order chi connectivity index (χ1) is 9.75. The smallest absolute Gasteiger partial charge is 0.407 e. The van der Waals surface area contributed by atoms with Crippen molar-refractivity contribution in [3.05, 3.63) is 36.5 Å². The number of pyridine rings is 1. The second-order valence-corrected chi connectivity index (χ2v) is 4.96. The van der Waals surface area contributed by atoms with Crippen molar-refractivity contribution in [2.75, 3.05) is 31.1 Å². The molecule has 0 bridgehead atoms. The fourth-order valence-corrected chi connectivity index (χ4v) is 2.69. The summed E-state index contributed by atoms with van der Waals surface area (Å²) in [5.74, 6) is 0. The Morgan fingerprint density at radius 3 is 2.80 bits per heavy atom. The molecule has 0 unspecified atom stereocenters. The summed E-state index contributed by atoms with van der Waals surface area (Å²) in [6, 6.07) is 10.1. The maximum absolute atomic E-state index is 11.1. The molecule has 5 nitrogen and oxygen atoms in total. The van der Waals surface area contributed by atoms with Gasteiger partial charge in [-0.15, -0.1) is 0 Å². The van der Waals surface area contributed by atoms with Crippen LogP contribution in [0.2, 0.25) is 0 Å². The number of hydrogen-bond donors (Lipinski definition) is 1. The molecule has 1 saturated heterocycles. The minimum atomic E-state index is -0.831. The number of benzene rings is 1. The lowest BCUT2D eigenvalue weighted by molar-refractivity contribution is 0.148. The molecule has 1 N–H and O–H groups in total. The average Bonchev–Trinajstić information content (AvgIpc) is 2.72. The van der Waals surface area contributed by atoms with Crippen LogP contribution in [0.25, 0.3) is 10.9 Å². The zero-order valence-electron chi connectivity index (χ0n) is 11.2. The van der Waals surface area contributed by atoms with Gasteiger partial charge in [-0.3, -0.25) is 4.98 Å². The lowest BCUT2D eigenvalue weighted by atomic mass is 10.1. The molecule has 0 radical (unpaired) electrons. The number of rotatable bonds is 1. The van der Waals surface area contributed by atoms with Crippen LogP contribution >= 0.6 is 0 Å². The molecule has 5 heteroatoms. The topological polar surface area (TPSA) is 56.7 Å². The largest absolute Gasteiger partial charge is 0.465 e. The molecule has 0 atom stereocenters. The quantitative estimate of drug-likeness (QED) is 0.865. The van der Waals surface area contributed by atoms with Crippen molar-refractivity contribution in [2.45, 2.75) is 6.42 Å². The molecule has 0 saturated carbocycles. The number of aromatic nitrogens is 1. The first kappa shape index (κ1) is 12.7. The van der Waals surface area contributed by atoms with Crippen LogP contribution in [0.15, 0.2) is 36.5 Å². The molecule has 1 amide bonds. The van der Waals surface area contributed by atoms with Crippen molar-refractivity contribution in [3.8, 4) is 0 Å². The Labute approximate surface area is 117 Å². The third-order valence-corrected chi connectivity index (χ3v) is 3.72. The number of hydrogen-bond acceptors (Lipinski definition) is 3. The number of carboxylic acid groups (broad SMARTS) is 1. The van der Waals surface area contributed by atoms with Crippen molar-refractivity contribution < 1.29 is 9.90 Å². The summed E-state index contributed by atoms with van der Waals surface area (Å²) in [5, 5.41) is 10.2. The highest BCUT2D eigenvalue weighted by Gasteiger charge is 2.19. The zero-order chi connectivity index (χ0) is 13.9. The highest BCUT2D eigenvalue weighted by atomic mass is 16.4. The fraction of sp³-hybridized carbons (Fsp3) is 0.333. The van der Waals surface area contributed by atoms with E-state index in [1.807, 2.05) is 24.3 Å². The Kier molecular flexibility index (Phi) is 3.41. The van der Waals surface area contributed by atoms with Gasteiger partial charge in [0.1, 0.15) is 0 Å². The molecule has 1 aromatic carbocycles. The summed E-state index contributed by atoms with van der Waals surface area (Å²) in [7, 11) is 0. The van der Waals surface area contributed by atoms with Crippen LogP contribution < -0.4 is 4.90 Å². The predicted molar refractivity (Wildman–Crippen MR) is 78.2 cm³/mol. The summed E-state index contributed by atoms with van der Waals surface area (Å²) in [6.45, 7) is 2.71. The van der Waals surface area contributed by atoms with Crippen molar-refractivity contribution in [1.82, 2.24) is 9.88 Å². The first-order valence-electron chi connectivity index (χ1n) is 6.82. The lowest BCUT2D eigenvalue weighted by Crippen LogP contribution is -2.34. The van der Waals surface area contributed by atoms with Gasteiger partial charge in [0.2, 0.25) is 0 Å². The van der Waals surface area contributed by atoms with Gasteiger partial charge >= 0.3 is 6.09 Å². The van der Waals surface area contributed by atoms with Crippen molar-refractivity contribution in [1.29, 1.82) is 0 Å². The van der Waals surface area contributed by atoms with E-state index < -0.39 is 6.09 Å². The number of fused-ring (bicyclic) bond motifs is 1. The van der Waals surface area contributed by atoms with Gasteiger partial charge in [-0.1, -0.05) is 18.2 Å². The van der Waals surface area contributed by atoms with Crippen LogP contribution in [0.1, 0.15) is 6.42 Å². The maximum Gasteiger partial charge on any atom is 0.407 e. The second-order valence-electron chi connectivity index (χ2n) is 4.96. The van der Waals surface area contributed by atoms with E-state index in [0.29, 0.717) is 19.6 Å². The standard InChI is InChI=1S/C15H17N3O2/c19-15(20)18-9-3-8-17(10-11-18)13-6-1-4-12-5-2-7-16-14(12)13/h1-2,4-7H,3,8-11H2,(H,19,20). The van der Waals surface area contributed by atoms with Crippen LogP contribution in [0.4, 0.5) is 10.5 Å². The van der Waals surface area contributed by atoms with Crippen LogP contribution in [-0.2, 0) is 0 Å². The molecule has 1 aliphatic rings. The van der Waals surface area contributed by atoms with Crippen LogP contribution in [0, 0.1) is 0 Å². The Morgan fingerprint density at radius 1 is 1.10 bits per heavy atom. The predicted octanol–water partition coefficient (Wildman–Crippen LogP) is 2.42. The molecule has 1 fully saturated rings. The molecule has 104 valence electrons. The van der Waals surface area contributed by atoms with Gasteiger partial charge in [-0.2, -0.15) is 0 Å². The average molecular weight is 271 g/mol. The summed E-state index contributed by atoms with van der Waals surface area (Å²) < 4.78 is 0. The minimum absolute atomic E-state index is 0.540. The SMILES string of the molecule is O=C(O)N1CCCN(c2cccc3cccnc23)CC1. The normalized spacial score (nSPS) is 16.2. The van der Waals surface area contributed by atoms with E-state index in [-0.39, 0.29) is 0 Å². The number of carbonyl (C=O) groups is 1. The zero-order valence-corrected chi connectivity index (χ0v) is 11.2. The van der Waals surface area contributed by atoms with Crippen molar-refractivity contribution in [3.63, 3.8) is 0 Å². The molecule has 2 aromatic rings. The van der Waals surface area contributed by atoms with Gasteiger partial charge in [0.05, 0.1) is 11.2 Å². The Bertz CT molecular complexity index is 624. The molecule has 0 aliphatic carbocycles. The molecule has 2 heterocycles. The van der Waals surface area contributed by atoms with Crippen LogP contribution in [-0.4, -0.2) is 47.3 Å². The van der Waals surface area contributed by atoms with Gasteiger partial charge in [0.25, 0.3) is 0 Å². The summed E-state index contributed by atoms with van der Waals surface area (Å²) in [5.41, 5.74) is 2.08. The van der Waals surface area contributed by atoms with E-state index in [1.165, 1.54) is 4.90 Å². The molecule has 1 aromatic heterocycles. The monoisotopic (exact) mass is 271 g/mol. The van der Waals surface area contributed by atoms with E-state index in [4.69, 9.17) is 5.11 Å². The lowest BCUT2D eigenvalue weighted by Gasteiger charge is -2.23. The van der Waals surface area contributed by atoms with Gasteiger partial charge in [0.15, 0.2) is 0 Å². The summed E-state index contributed by atoms with van der Waals surface area (Å²) in [4.78, 5) is 19.2. The van der Waals surface area contributed by atoms with E-state index in [2.05, 4.69) is 16.0 Å². The van der Waals surface area contributed by atoms with Crippen LogP contribution in [0.5, 0.6) is 0 Å². The van der Waals surface area contributed by atoms with Crippen molar-refractivity contribution in [2.24, 2.45) is 0 Å². The fourth-order valence-electron chi connectivity index (χ4n) is 2.69. The molecule has 0 spiro atoms. The molecular formula is C15H17N3O2. The number of anilines is 1. The second kappa shape index (κ2) is 5.36. The van der Waals surface area contributed by atoms with Crippen molar-refractivity contribution >= 4 is 22.7 Å². The van der Waals surface area contributed by atoms with Gasteiger partial charge < -0.3 is 14.9 Å². The Morgan fingerprint density at radius 2 is 1.95 bits per heavy atom. The van der Waals surface area contributed by atoms with Crippen LogP contribution in [0.3, 0.4) is 0 Å². The summed E-state index contributed by atoms with van der Waals surface area (Å²) >= 11 is 0.